The van der Waals surface area contributed by atoms with Crippen molar-refractivity contribution in [3.63, 3.8) is 0 Å². The zero-order valence-electron chi connectivity index (χ0n) is 14.1. The lowest BCUT2D eigenvalue weighted by atomic mass is 10.0. The van der Waals surface area contributed by atoms with Gasteiger partial charge in [-0.05, 0) is 37.4 Å². The number of benzene rings is 1. The van der Waals surface area contributed by atoms with Crippen LogP contribution >= 0.6 is 0 Å². The molecule has 0 unspecified atom stereocenters. The number of halogens is 2. The van der Waals surface area contributed by atoms with Crippen molar-refractivity contribution < 1.29 is 23.0 Å². The summed E-state index contributed by atoms with van der Waals surface area (Å²) in [6.45, 7) is 2.48. The standard InChI is InChI=1S/C17H24F2N2O3/c1-12-4-3-8-21(11-12)9-7-20-16(22)14-6-5-13(23-2)10-15(14)24-17(18)19/h5-6,10,12,17H,3-4,7-9,11H2,1-2H3,(H,20,22)/t12-/m0/s1. The first kappa shape index (κ1) is 18.4. The van der Waals surface area contributed by atoms with Crippen LogP contribution in [0, 0.1) is 5.92 Å². The van der Waals surface area contributed by atoms with Crippen molar-refractivity contribution >= 4 is 5.91 Å². The Morgan fingerprint density at radius 2 is 2.25 bits per heavy atom. The highest BCUT2D eigenvalue weighted by Gasteiger charge is 2.18. The Morgan fingerprint density at radius 3 is 2.92 bits per heavy atom. The molecule has 0 saturated carbocycles. The minimum absolute atomic E-state index is 0.0723. The predicted molar refractivity (Wildman–Crippen MR) is 86.8 cm³/mol. The molecule has 7 heteroatoms. The molecule has 1 aliphatic rings. The van der Waals surface area contributed by atoms with Crippen LogP contribution in [0.1, 0.15) is 30.1 Å². The van der Waals surface area contributed by atoms with Gasteiger partial charge in [-0.2, -0.15) is 8.78 Å². The number of carbonyl (C=O) groups excluding carboxylic acids is 1. The average molecular weight is 342 g/mol. The summed E-state index contributed by atoms with van der Waals surface area (Å²) in [5.41, 5.74) is 0.0723. The largest absolute Gasteiger partial charge is 0.497 e. The molecule has 1 aliphatic heterocycles. The van der Waals surface area contributed by atoms with E-state index >= 15 is 0 Å². The molecule has 134 valence electrons. The van der Waals surface area contributed by atoms with Gasteiger partial charge >= 0.3 is 6.61 Å². The van der Waals surface area contributed by atoms with E-state index in [4.69, 9.17) is 4.74 Å². The summed E-state index contributed by atoms with van der Waals surface area (Å²) in [6.07, 6.45) is 2.41. The molecule has 1 saturated heterocycles. The van der Waals surface area contributed by atoms with E-state index in [0.29, 0.717) is 18.2 Å². The molecule has 1 N–H and O–H groups in total. The number of ether oxygens (including phenoxy) is 2. The molecule has 2 rings (SSSR count). The van der Waals surface area contributed by atoms with E-state index in [1.807, 2.05) is 0 Å². The molecular weight excluding hydrogens is 318 g/mol. The molecule has 0 aliphatic carbocycles. The van der Waals surface area contributed by atoms with Crippen LogP contribution in [-0.2, 0) is 0 Å². The minimum atomic E-state index is -3.00. The van der Waals surface area contributed by atoms with E-state index in [1.165, 1.54) is 32.1 Å². The van der Waals surface area contributed by atoms with Crippen LogP contribution in [0.4, 0.5) is 8.78 Å². The molecule has 1 fully saturated rings. The maximum absolute atomic E-state index is 12.5. The molecule has 1 aromatic rings. The van der Waals surface area contributed by atoms with E-state index in [0.717, 1.165) is 19.6 Å². The first-order chi connectivity index (χ1) is 11.5. The first-order valence-electron chi connectivity index (χ1n) is 8.13. The molecule has 24 heavy (non-hydrogen) atoms. The normalized spacial score (nSPS) is 18.5. The summed E-state index contributed by atoms with van der Waals surface area (Å²) >= 11 is 0. The molecule has 5 nitrogen and oxygen atoms in total. The second-order valence-corrected chi connectivity index (χ2v) is 6.04. The third-order valence-electron chi connectivity index (χ3n) is 4.10. The zero-order chi connectivity index (χ0) is 17.5. The van der Waals surface area contributed by atoms with Gasteiger partial charge in [0, 0.05) is 25.7 Å². The van der Waals surface area contributed by atoms with Gasteiger partial charge < -0.3 is 19.7 Å². The van der Waals surface area contributed by atoms with E-state index in [1.54, 1.807) is 6.07 Å². The number of hydrogen-bond acceptors (Lipinski definition) is 4. The quantitative estimate of drug-likeness (QED) is 0.828. The van der Waals surface area contributed by atoms with Crippen LogP contribution in [0.15, 0.2) is 18.2 Å². The van der Waals surface area contributed by atoms with E-state index in [2.05, 4.69) is 21.9 Å². The fraction of sp³-hybridized carbons (Fsp3) is 0.588. The van der Waals surface area contributed by atoms with Crippen molar-refractivity contribution in [2.75, 3.05) is 33.3 Å². The van der Waals surface area contributed by atoms with Crippen LogP contribution < -0.4 is 14.8 Å². The monoisotopic (exact) mass is 342 g/mol. The summed E-state index contributed by atoms with van der Waals surface area (Å²) in [4.78, 5) is 14.6. The second kappa shape index (κ2) is 8.82. The molecule has 1 aromatic carbocycles. The average Bonchev–Trinajstić information content (AvgIpc) is 2.54. The van der Waals surface area contributed by atoms with Crippen molar-refractivity contribution in [3.8, 4) is 11.5 Å². The molecule has 0 spiro atoms. The van der Waals surface area contributed by atoms with Crippen LogP contribution in [-0.4, -0.2) is 50.7 Å². The van der Waals surface area contributed by atoms with Gasteiger partial charge in [0.2, 0.25) is 0 Å². The number of likely N-dealkylation sites (tertiary alicyclic amines) is 1. The van der Waals surface area contributed by atoms with E-state index in [-0.39, 0.29) is 11.3 Å². The lowest BCUT2D eigenvalue weighted by molar-refractivity contribution is -0.0502. The number of alkyl halides is 2. The summed E-state index contributed by atoms with van der Waals surface area (Å²) in [5, 5.41) is 2.77. The van der Waals surface area contributed by atoms with E-state index in [9.17, 15) is 13.6 Å². The number of hydrogen-bond donors (Lipinski definition) is 1. The van der Waals surface area contributed by atoms with Crippen LogP contribution in [0.5, 0.6) is 11.5 Å². The summed E-state index contributed by atoms with van der Waals surface area (Å²) in [6, 6.07) is 4.25. The molecule has 0 aromatic heterocycles. The second-order valence-electron chi connectivity index (χ2n) is 6.04. The number of nitrogens with one attached hydrogen (secondary N) is 1. The lowest BCUT2D eigenvalue weighted by Gasteiger charge is -2.30. The first-order valence-corrected chi connectivity index (χ1v) is 8.13. The van der Waals surface area contributed by atoms with Crippen molar-refractivity contribution in [3.05, 3.63) is 23.8 Å². The molecule has 0 radical (unpaired) electrons. The Kier molecular flexibility index (Phi) is 6.78. The predicted octanol–water partition coefficient (Wildman–Crippen LogP) is 2.76. The van der Waals surface area contributed by atoms with Gasteiger partial charge in [0.15, 0.2) is 0 Å². The summed E-state index contributed by atoms with van der Waals surface area (Å²) in [5.74, 6) is 0.401. The van der Waals surface area contributed by atoms with E-state index < -0.39 is 12.5 Å². The maximum atomic E-state index is 12.5. The third-order valence-corrected chi connectivity index (χ3v) is 4.10. The smallest absolute Gasteiger partial charge is 0.387 e. The van der Waals surface area contributed by atoms with Gasteiger partial charge in [-0.1, -0.05) is 6.92 Å². The van der Waals surface area contributed by atoms with Crippen molar-refractivity contribution in [1.82, 2.24) is 10.2 Å². The van der Waals surface area contributed by atoms with Gasteiger partial charge in [0.1, 0.15) is 11.5 Å². The van der Waals surface area contributed by atoms with Crippen LogP contribution in [0.2, 0.25) is 0 Å². The summed E-state index contributed by atoms with van der Waals surface area (Å²) in [7, 11) is 1.42. The third kappa shape index (κ3) is 5.33. The number of piperidine rings is 1. The number of amides is 1. The van der Waals surface area contributed by atoms with Gasteiger partial charge in [-0.3, -0.25) is 4.79 Å². The number of nitrogens with zero attached hydrogens (tertiary/aromatic N) is 1. The number of carbonyl (C=O) groups is 1. The highest BCUT2D eigenvalue weighted by atomic mass is 19.3. The highest BCUT2D eigenvalue weighted by Crippen LogP contribution is 2.26. The molecular formula is C17H24F2N2O3. The van der Waals surface area contributed by atoms with Crippen molar-refractivity contribution in [1.29, 1.82) is 0 Å². The van der Waals surface area contributed by atoms with Crippen LogP contribution in [0.3, 0.4) is 0 Å². The van der Waals surface area contributed by atoms with Gasteiger partial charge in [0.25, 0.3) is 5.91 Å². The zero-order valence-corrected chi connectivity index (χ0v) is 14.1. The minimum Gasteiger partial charge on any atom is -0.497 e. The van der Waals surface area contributed by atoms with Crippen LogP contribution in [0.25, 0.3) is 0 Å². The Hall–Kier alpha value is -1.89. The number of rotatable bonds is 7. The maximum Gasteiger partial charge on any atom is 0.387 e. The van der Waals surface area contributed by atoms with Crippen molar-refractivity contribution in [2.24, 2.45) is 5.92 Å². The Balaban J connectivity index is 1.93. The fourth-order valence-corrected chi connectivity index (χ4v) is 2.92. The number of methoxy groups -OCH3 is 1. The van der Waals surface area contributed by atoms with Crippen molar-refractivity contribution in [2.45, 2.75) is 26.4 Å². The van der Waals surface area contributed by atoms with Gasteiger partial charge in [-0.25, -0.2) is 0 Å². The molecule has 1 amide bonds. The molecule has 1 heterocycles. The molecule has 0 bridgehead atoms. The molecule has 1 atom stereocenters. The Morgan fingerprint density at radius 1 is 1.46 bits per heavy atom. The van der Waals surface area contributed by atoms with Gasteiger partial charge in [0.05, 0.1) is 12.7 Å². The fourth-order valence-electron chi connectivity index (χ4n) is 2.92. The topological polar surface area (TPSA) is 50.8 Å². The Labute approximate surface area is 140 Å². The Bertz CT molecular complexity index is 555. The summed E-state index contributed by atoms with van der Waals surface area (Å²) < 4.78 is 34.5. The highest BCUT2D eigenvalue weighted by molar-refractivity contribution is 5.97. The van der Waals surface area contributed by atoms with Gasteiger partial charge in [-0.15, -0.1) is 0 Å². The lowest BCUT2D eigenvalue weighted by Crippen LogP contribution is -2.40. The SMILES string of the molecule is COc1ccc(C(=O)NCCN2CCC[C@H](C)C2)c(OC(F)F)c1.